The first-order valence-corrected chi connectivity index (χ1v) is 8.91. The summed E-state index contributed by atoms with van der Waals surface area (Å²) in [6, 6.07) is 9.43. The number of hydrogen-bond acceptors (Lipinski definition) is 6. The van der Waals surface area contributed by atoms with E-state index < -0.39 is 5.60 Å². The highest BCUT2D eigenvalue weighted by molar-refractivity contribution is 5.68. The van der Waals surface area contributed by atoms with Crippen molar-refractivity contribution in [3.8, 4) is 17.2 Å². The Morgan fingerprint density at radius 1 is 1.04 bits per heavy atom. The first-order chi connectivity index (χ1) is 12.9. The summed E-state index contributed by atoms with van der Waals surface area (Å²) in [5.74, 6) is 0.649. The first kappa shape index (κ1) is 18.6. The monoisotopic (exact) mass is 365 g/mol. The molecule has 0 unspecified atom stereocenters. The molecular formula is C20H23N5O2. The van der Waals surface area contributed by atoms with Crippen LogP contribution >= 0.6 is 0 Å². The van der Waals surface area contributed by atoms with Gasteiger partial charge in [0.25, 0.3) is 0 Å². The lowest BCUT2D eigenvalue weighted by Gasteiger charge is -2.35. The molecule has 27 heavy (non-hydrogen) atoms. The van der Waals surface area contributed by atoms with Gasteiger partial charge in [-0.05, 0) is 38.5 Å². The molecule has 1 amide bonds. The molecule has 0 N–H and O–H groups in total. The van der Waals surface area contributed by atoms with E-state index in [0.29, 0.717) is 37.7 Å². The fraction of sp³-hybridized carbons (Fsp3) is 0.400. The summed E-state index contributed by atoms with van der Waals surface area (Å²) in [4.78, 5) is 24.8. The molecular weight excluding hydrogens is 342 g/mol. The van der Waals surface area contributed by atoms with Gasteiger partial charge in [0.2, 0.25) is 5.95 Å². The van der Waals surface area contributed by atoms with Crippen LogP contribution in [0.1, 0.15) is 26.3 Å². The van der Waals surface area contributed by atoms with Gasteiger partial charge < -0.3 is 14.5 Å². The zero-order chi connectivity index (χ0) is 19.4. The predicted octanol–water partition coefficient (Wildman–Crippen LogP) is 3.07. The van der Waals surface area contributed by atoms with Crippen LogP contribution in [0.3, 0.4) is 0 Å². The highest BCUT2D eigenvalue weighted by Gasteiger charge is 2.26. The van der Waals surface area contributed by atoms with Crippen LogP contribution in [0.4, 0.5) is 10.7 Å². The van der Waals surface area contributed by atoms with Crippen LogP contribution in [0.5, 0.6) is 0 Å². The maximum atomic E-state index is 12.1. The summed E-state index contributed by atoms with van der Waals surface area (Å²) >= 11 is 0. The second-order valence-corrected chi connectivity index (χ2v) is 7.42. The number of hydrogen-bond donors (Lipinski definition) is 0. The molecule has 1 aromatic carbocycles. The molecule has 1 saturated heterocycles. The highest BCUT2D eigenvalue weighted by Crippen LogP contribution is 2.20. The van der Waals surface area contributed by atoms with Gasteiger partial charge in [-0.25, -0.2) is 14.8 Å². The second-order valence-electron chi connectivity index (χ2n) is 7.42. The van der Waals surface area contributed by atoms with E-state index in [2.05, 4.69) is 20.9 Å². The predicted molar refractivity (Wildman–Crippen MR) is 102 cm³/mol. The first-order valence-electron chi connectivity index (χ1n) is 8.91. The fourth-order valence-electron chi connectivity index (χ4n) is 2.79. The van der Waals surface area contributed by atoms with E-state index in [1.807, 2.05) is 32.9 Å². The largest absolute Gasteiger partial charge is 0.444 e. The van der Waals surface area contributed by atoms with Crippen molar-refractivity contribution in [3.05, 3.63) is 42.2 Å². The van der Waals surface area contributed by atoms with Crippen molar-refractivity contribution >= 4 is 12.0 Å². The molecule has 7 nitrogen and oxygen atoms in total. The van der Waals surface area contributed by atoms with Gasteiger partial charge in [-0.1, -0.05) is 12.1 Å². The molecule has 1 fully saturated rings. The van der Waals surface area contributed by atoms with Crippen LogP contribution in [0, 0.1) is 11.3 Å². The molecule has 1 aliphatic rings. The number of nitrogens with zero attached hydrogens (tertiary/aromatic N) is 5. The van der Waals surface area contributed by atoms with Gasteiger partial charge in [0, 0.05) is 44.1 Å². The smallest absolute Gasteiger partial charge is 0.410 e. The molecule has 0 aliphatic carbocycles. The minimum atomic E-state index is -0.487. The van der Waals surface area contributed by atoms with Crippen LogP contribution in [-0.2, 0) is 4.74 Å². The SMILES string of the molecule is CC(C)(C)OC(=O)N1CCN(c2ncc(-c3ccc(C#N)cc3)cn2)CC1. The van der Waals surface area contributed by atoms with Gasteiger partial charge in [-0.15, -0.1) is 0 Å². The van der Waals surface area contributed by atoms with Crippen molar-refractivity contribution in [1.82, 2.24) is 14.9 Å². The summed E-state index contributed by atoms with van der Waals surface area (Å²) in [7, 11) is 0. The van der Waals surface area contributed by atoms with Crippen LogP contribution in [-0.4, -0.2) is 52.7 Å². The zero-order valence-corrected chi connectivity index (χ0v) is 15.8. The van der Waals surface area contributed by atoms with Gasteiger partial charge in [0.15, 0.2) is 0 Å². The number of amides is 1. The molecule has 1 aliphatic heterocycles. The number of carbonyl (C=O) groups is 1. The Balaban J connectivity index is 1.60. The number of carbonyl (C=O) groups excluding carboxylic acids is 1. The maximum absolute atomic E-state index is 12.1. The molecule has 0 saturated carbocycles. The van der Waals surface area contributed by atoms with Crippen molar-refractivity contribution in [2.45, 2.75) is 26.4 Å². The molecule has 7 heteroatoms. The highest BCUT2D eigenvalue weighted by atomic mass is 16.6. The van der Waals surface area contributed by atoms with Crippen LogP contribution in [0.15, 0.2) is 36.7 Å². The molecule has 2 heterocycles. The molecule has 0 bridgehead atoms. The van der Waals surface area contributed by atoms with E-state index in [9.17, 15) is 4.79 Å². The minimum Gasteiger partial charge on any atom is -0.444 e. The Bertz CT molecular complexity index is 827. The zero-order valence-electron chi connectivity index (χ0n) is 15.8. The summed E-state index contributed by atoms with van der Waals surface area (Å²) in [5, 5.41) is 8.88. The Kier molecular flexibility index (Phi) is 5.26. The summed E-state index contributed by atoms with van der Waals surface area (Å²) in [6.45, 7) is 8.08. The molecule has 0 spiro atoms. The van der Waals surface area contributed by atoms with E-state index in [1.54, 1.807) is 29.4 Å². The van der Waals surface area contributed by atoms with Crippen LogP contribution in [0.2, 0.25) is 0 Å². The van der Waals surface area contributed by atoms with Gasteiger partial charge in [-0.3, -0.25) is 0 Å². The summed E-state index contributed by atoms with van der Waals surface area (Å²) in [6.07, 6.45) is 3.28. The van der Waals surface area contributed by atoms with E-state index in [4.69, 9.17) is 10.00 Å². The maximum Gasteiger partial charge on any atom is 0.410 e. The number of anilines is 1. The van der Waals surface area contributed by atoms with Gasteiger partial charge in [0.05, 0.1) is 11.6 Å². The Hall–Kier alpha value is -3.14. The van der Waals surface area contributed by atoms with Crippen molar-refractivity contribution in [2.75, 3.05) is 31.1 Å². The van der Waals surface area contributed by atoms with E-state index in [1.165, 1.54) is 0 Å². The lowest BCUT2D eigenvalue weighted by atomic mass is 10.1. The van der Waals surface area contributed by atoms with Crippen LogP contribution in [0.25, 0.3) is 11.1 Å². The molecule has 1 aromatic heterocycles. The van der Waals surface area contributed by atoms with E-state index >= 15 is 0 Å². The van der Waals surface area contributed by atoms with Crippen molar-refractivity contribution in [1.29, 1.82) is 5.26 Å². The lowest BCUT2D eigenvalue weighted by Crippen LogP contribution is -2.50. The third kappa shape index (κ3) is 4.73. The number of ether oxygens (including phenoxy) is 1. The Morgan fingerprint density at radius 2 is 1.63 bits per heavy atom. The normalized spacial score (nSPS) is 14.6. The quantitative estimate of drug-likeness (QED) is 0.813. The van der Waals surface area contributed by atoms with Gasteiger partial charge in [0.1, 0.15) is 5.60 Å². The molecule has 0 atom stereocenters. The van der Waals surface area contributed by atoms with Crippen molar-refractivity contribution in [3.63, 3.8) is 0 Å². The molecule has 2 aromatic rings. The number of aromatic nitrogens is 2. The van der Waals surface area contributed by atoms with E-state index in [-0.39, 0.29) is 6.09 Å². The average Bonchev–Trinajstić information content (AvgIpc) is 2.67. The average molecular weight is 365 g/mol. The third-order valence-electron chi connectivity index (χ3n) is 4.20. The summed E-state index contributed by atoms with van der Waals surface area (Å²) in [5.41, 5.74) is 2.00. The Labute approximate surface area is 159 Å². The third-order valence-corrected chi connectivity index (χ3v) is 4.20. The summed E-state index contributed by atoms with van der Waals surface area (Å²) < 4.78 is 5.42. The Morgan fingerprint density at radius 3 is 2.15 bits per heavy atom. The topological polar surface area (TPSA) is 82.4 Å². The molecule has 0 radical (unpaired) electrons. The van der Waals surface area contributed by atoms with Crippen molar-refractivity contribution in [2.24, 2.45) is 0 Å². The molecule has 140 valence electrons. The lowest BCUT2D eigenvalue weighted by molar-refractivity contribution is 0.0240. The number of piperazine rings is 1. The van der Waals surface area contributed by atoms with Crippen molar-refractivity contribution < 1.29 is 9.53 Å². The fourth-order valence-corrected chi connectivity index (χ4v) is 2.79. The van der Waals surface area contributed by atoms with Gasteiger partial charge >= 0.3 is 6.09 Å². The van der Waals surface area contributed by atoms with E-state index in [0.717, 1.165) is 11.1 Å². The standard InChI is InChI=1S/C20H23N5O2/c1-20(2,3)27-19(26)25-10-8-24(9-11-25)18-22-13-17(14-23-18)16-6-4-15(12-21)5-7-16/h4-7,13-14H,8-11H2,1-3H3. The van der Waals surface area contributed by atoms with Crippen LogP contribution < -0.4 is 4.90 Å². The number of rotatable bonds is 2. The van der Waals surface area contributed by atoms with Gasteiger partial charge in [-0.2, -0.15) is 5.26 Å². The second kappa shape index (κ2) is 7.62. The minimum absolute atomic E-state index is 0.278. The number of benzene rings is 1. The number of nitriles is 1. The molecule has 3 rings (SSSR count).